The Morgan fingerprint density at radius 2 is 0.980 bits per heavy atom. The number of hydrogen-bond donors (Lipinski definition) is 0. The van der Waals surface area contributed by atoms with Crippen LogP contribution in [0.4, 0.5) is 0 Å². The lowest BCUT2D eigenvalue weighted by atomic mass is 9.78. The van der Waals surface area contributed by atoms with Crippen molar-refractivity contribution in [2.24, 2.45) is 0 Å². The van der Waals surface area contributed by atoms with E-state index in [2.05, 4.69) is 200 Å². The molecule has 0 amide bonds. The summed E-state index contributed by atoms with van der Waals surface area (Å²) < 4.78 is 2.38. The lowest BCUT2D eigenvalue weighted by molar-refractivity contribution is 0.659. The summed E-state index contributed by atoms with van der Waals surface area (Å²) in [7, 11) is 0. The Hall–Kier alpha value is -6.18. The molecule has 10 rings (SSSR count). The highest BCUT2D eigenvalue weighted by Crippen LogP contribution is 2.50. The van der Waals surface area contributed by atoms with Crippen LogP contribution < -0.4 is 0 Å². The first-order valence-corrected chi connectivity index (χ1v) is 18.0. The van der Waals surface area contributed by atoms with Gasteiger partial charge in [-0.3, -0.25) is 0 Å². The topological polar surface area (TPSA) is 4.93 Å². The van der Waals surface area contributed by atoms with E-state index in [0.717, 1.165) is 0 Å². The third-order valence-corrected chi connectivity index (χ3v) is 11.4. The van der Waals surface area contributed by atoms with Gasteiger partial charge in [0.25, 0.3) is 0 Å². The third-order valence-electron chi connectivity index (χ3n) is 11.4. The maximum atomic E-state index is 2.49. The molecule has 0 aliphatic heterocycles. The molecule has 1 heteroatoms. The summed E-state index contributed by atoms with van der Waals surface area (Å²) in [5, 5.41) is 5.14. The molecule has 0 saturated heterocycles. The van der Waals surface area contributed by atoms with Crippen molar-refractivity contribution in [1.82, 2.24) is 4.57 Å². The van der Waals surface area contributed by atoms with Crippen LogP contribution in [0.1, 0.15) is 47.6 Å². The fraction of sp³-hybridized carbons (Fsp3) is 0.0800. The molecule has 1 unspecified atom stereocenters. The molecule has 1 atom stereocenters. The fourth-order valence-corrected chi connectivity index (χ4v) is 8.83. The van der Waals surface area contributed by atoms with Gasteiger partial charge in [0.1, 0.15) is 0 Å². The van der Waals surface area contributed by atoms with E-state index in [1.165, 1.54) is 88.3 Å². The maximum Gasteiger partial charge on any atom is 0.0541 e. The zero-order valence-corrected chi connectivity index (χ0v) is 28.8. The van der Waals surface area contributed by atoms with E-state index in [4.69, 9.17) is 0 Å². The first-order chi connectivity index (χ1) is 25.1. The Kier molecular flexibility index (Phi) is 6.66. The highest BCUT2D eigenvalue weighted by atomic mass is 15.0. The highest BCUT2D eigenvalue weighted by molar-refractivity contribution is 6.09. The molecule has 0 spiro atoms. The number of aromatic nitrogens is 1. The summed E-state index contributed by atoms with van der Waals surface area (Å²) >= 11 is 0. The summed E-state index contributed by atoms with van der Waals surface area (Å²) in [6.07, 6.45) is 0. The maximum absolute atomic E-state index is 2.49. The molecule has 0 radical (unpaired) electrons. The van der Waals surface area contributed by atoms with Crippen molar-refractivity contribution in [3.8, 4) is 27.9 Å². The van der Waals surface area contributed by atoms with Gasteiger partial charge >= 0.3 is 0 Å². The van der Waals surface area contributed by atoms with E-state index in [1.807, 2.05) is 0 Å². The van der Waals surface area contributed by atoms with Crippen molar-refractivity contribution in [3.05, 3.63) is 210 Å². The zero-order chi connectivity index (χ0) is 34.1. The van der Waals surface area contributed by atoms with Gasteiger partial charge in [-0.15, -0.1) is 0 Å². The van der Waals surface area contributed by atoms with Gasteiger partial charge in [0.05, 0.1) is 11.0 Å². The molecule has 9 aromatic rings. The molecule has 0 fully saturated rings. The lowest BCUT2D eigenvalue weighted by Crippen LogP contribution is -2.15. The minimum absolute atomic E-state index is 0.0551. The summed E-state index contributed by atoms with van der Waals surface area (Å²) in [5.74, 6) is 0.0904. The van der Waals surface area contributed by atoms with Crippen molar-refractivity contribution in [1.29, 1.82) is 0 Å². The Balaban J connectivity index is 1.06. The molecular weight excluding hydrogens is 615 g/mol. The molecule has 1 aliphatic carbocycles. The Morgan fingerprint density at radius 3 is 1.71 bits per heavy atom. The molecule has 51 heavy (non-hydrogen) atoms. The summed E-state index contributed by atoms with van der Waals surface area (Å²) in [6.45, 7) is 4.74. The smallest absolute Gasteiger partial charge is 0.0541 e. The molecule has 1 aromatic heterocycles. The predicted molar refractivity (Wildman–Crippen MR) is 215 cm³/mol. The average Bonchev–Trinajstić information content (AvgIpc) is 3.64. The first-order valence-electron chi connectivity index (χ1n) is 18.0. The number of fused-ring (bicyclic) bond motifs is 7. The molecule has 242 valence electrons. The minimum Gasteiger partial charge on any atom is -0.309 e. The van der Waals surface area contributed by atoms with Gasteiger partial charge in [0.2, 0.25) is 0 Å². The monoisotopic (exact) mass is 651 g/mol. The first kappa shape index (κ1) is 29.7. The van der Waals surface area contributed by atoms with Gasteiger partial charge < -0.3 is 4.57 Å². The molecule has 0 saturated carbocycles. The normalized spacial score (nSPS) is 13.8. The van der Waals surface area contributed by atoms with Crippen molar-refractivity contribution in [2.45, 2.75) is 25.2 Å². The van der Waals surface area contributed by atoms with Crippen molar-refractivity contribution in [2.75, 3.05) is 0 Å². The Morgan fingerprint density at radius 1 is 0.431 bits per heavy atom. The van der Waals surface area contributed by atoms with Gasteiger partial charge in [-0.25, -0.2) is 0 Å². The Labute approximate surface area is 299 Å². The SMILES string of the molecule is CC1(C)c2ccccc2-c2ccc(C(c3ccc(-c4ccc(-n5c6ccccc6c6ccccc65)cc4)cc3)c3cccc4ccccc34)cc21. The van der Waals surface area contributed by atoms with Gasteiger partial charge in [0, 0.05) is 27.8 Å². The summed E-state index contributed by atoms with van der Waals surface area (Å²) in [4.78, 5) is 0. The second-order valence-corrected chi connectivity index (χ2v) is 14.5. The van der Waals surface area contributed by atoms with Crippen LogP contribution in [0.3, 0.4) is 0 Å². The highest BCUT2D eigenvalue weighted by Gasteiger charge is 2.36. The van der Waals surface area contributed by atoms with Gasteiger partial charge in [-0.2, -0.15) is 0 Å². The largest absolute Gasteiger partial charge is 0.309 e. The van der Waals surface area contributed by atoms with Crippen LogP contribution in [0.2, 0.25) is 0 Å². The number of para-hydroxylation sites is 2. The summed E-state index contributed by atoms with van der Waals surface area (Å²) in [5.41, 5.74) is 15.5. The van der Waals surface area contributed by atoms with Crippen molar-refractivity contribution >= 4 is 32.6 Å². The Bertz CT molecular complexity index is 2700. The molecular formula is C50H37N. The average molecular weight is 652 g/mol. The predicted octanol–water partition coefficient (Wildman–Crippen LogP) is 13.1. The van der Waals surface area contributed by atoms with E-state index in [0.29, 0.717) is 0 Å². The molecule has 8 aromatic carbocycles. The van der Waals surface area contributed by atoms with Crippen LogP contribution in [0.25, 0.3) is 60.5 Å². The van der Waals surface area contributed by atoms with Gasteiger partial charge in [-0.05, 0) is 85.1 Å². The van der Waals surface area contributed by atoms with E-state index in [1.54, 1.807) is 0 Å². The van der Waals surface area contributed by atoms with Gasteiger partial charge in [-0.1, -0.05) is 172 Å². The number of benzene rings is 8. The summed E-state index contributed by atoms with van der Waals surface area (Å²) in [6, 6.07) is 67.4. The van der Waals surface area contributed by atoms with Crippen molar-refractivity contribution in [3.63, 3.8) is 0 Å². The second-order valence-electron chi connectivity index (χ2n) is 14.5. The van der Waals surface area contributed by atoms with Crippen LogP contribution in [0.5, 0.6) is 0 Å². The van der Waals surface area contributed by atoms with E-state index < -0.39 is 0 Å². The van der Waals surface area contributed by atoms with Crippen LogP contribution in [-0.4, -0.2) is 4.57 Å². The molecule has 1 aliphatic rings. The molecule has 0 N–H and O–H groups in total. The van der Waals surface area contributed by atoms with Crippen LogP contribution in [0, 0.1) is 0 Å². The molecule has 1 heterocycles. The molecule has 1 nitrogen and oxygen atoms in total. The van der Waals surface area contributed by atoms with E-state index >= 15 is 0 Å². The number of nitrogens with zero attached hydrogens (tertiary/aromatic N) is 1. The second kappa shape index (κ2) is 11.4. The molecule has 0 bridgehead atoms. The van der Waals surface area contributed by atoms with Gasteiger partial charge in [0.15, 0.2) is 0 Å². The van der Waals surface area contributed by atoms with E-state index in [-0.39, 0.29) is 11.3 Å². The number of hydrogen-bond acceptors (Lipinski definition) is 0. The third kappa shape index (κ3) is 4.62. The number of rotatable bonds is 5. The van der Waals surface area contributed by atoms with Crippen LogP contribution >= 0.6 is 0 Å². The van der Waals surface area contributed by atoms with E-state index in [9.17, 15) is 0 Å². The standard InChI is InChI=1S/C50H37N/c1-50(2)45-19-8-5-15-40(45)41-31-28-37(32-46(41)50)49(44-18-11-13-35-12-3-4-14-39(35)44)36-24-22-33(23-25-36)34-26-29-38(30-27-34)51-47-20-9-6-16-42(47)43-17-7-10-21-48(43)51/h3-32,49H,1-2H3. The van der Waals surface area contributed by atoms with Crippen LogP contribution in [-0.2, 0) is 5.41 Å². The minimum atomic E-state index is -0.0551. The zero-order valence-electron chi connectivity index (χ0n) is 28.8. The fourth-order valence-electron chi connectivity index (χ4n) is 8.83. The van der Waals surface area contributed by atoms with Crippen molar-refractivity contribution < 1.29 is 0 Å². The van der Waals surface area contributed by atoms with Crippen LogP contribution in [0.15, 0.2) is 182 Å². The lowest BCUT2D eigenvalue weighted by Gasteiger charge is -2.25. The quantitative estimate of drug-likeness (QED) is 0.163.